The van der Waals surface area contributed by atoms with Gasteiger partial charge in [-0.25, -0.2) is 9.79 Å². The maximum absolute atomic E-state index is 12.1. The summed E-state index contributed by atoms with van der Waals surface area (Å²) < 4.78 is 11.2. The molecule has 0 saturated heterocycles. The van der Waals surface area contributed by atoms with Crippen molar-refractivity contribution in [3.8, 4) is 5.75 Å². The highest BCUT2D eigenvalue weighted by molar-refractivity contribution is 7.12. The summed E-state index contributed by atoms with van der Waals surface area (Å²) in [5.74, 6) is 0.585. The zero-order valence-electron chi connectivity index (χ0n) is 13.8. The largest absolute Gasteiger partial charge is 0.488 e. The first-order valence-corrected chi connectivity index (χ1v) is 9.00. The van der Waals surface area contributed by atoms with E-state index in [9.17, 15) is 4.79 Å². The van der Waals surface area contributed by atoms with E-state index < -0.39 is 5.97 Å². The molecule has 0 atom stereocenters. The van der Waals surface area contributed by atoms with Crippen LogP contribution in [0.5, 0.6) is 5.75 Å². The van der Waals surface area contributed by atoms with Crippen molar-refractivity contribution in [3.05, 3.63) is 93.8 Å². The van der Waals surface area contributed by atoms with Gasteiger partial charge in [0.2, 0.25) is 5.90 Å². The Bertz CT molecular complexity index is 976. The lowest BCUT2D eigenvalue weighted by Crippen LogP contribution is -2.03. The van der Waals surface area contributed by atoms with Crippen molar-refractivity contribution < 1.29 is 14.3 Å². The molecule has 4 rings (SSSR count). The molecule has 0 aliphatic carbocycles. The number of hydrogen-bond donors (Lipinski definition) is 0. The molecule has 2 aromatic carbocycles. The number of esters is 1. The molecule has 0 saturated carbocycles. The molecule has 128 valence electrons. The van der Waals surface area contributed by atoms with Crippen LogP contribution < -0.4 is 4.74 Å². The molecule has 0 fully saturated rings. The van der Waals surface area contributed by atoms with Crippen LogP contribution in [-0.2, 0) is 16.1 Å². The van der Waals surface area contributed by atoms with Crippen molar-refractivity contribution in [1.29, 1.82) is 0 Å². The normalized spacial score (nSPS) is 15.0. The monoisotopic (exact) mass is 361 g/mol. The lowest BCUT2D eigenvalue weighted by atomic mass is 10.1. The Morgan fingerprint density at radius 2 is 1.81 bits per heavy atom. The van der Waals surface area contributed by atoms with Crippen molar-refractivity contribution in [2.75, 3.05) is 0 Å². The summed E-state index contributed by atoms with van der Waals surface area (Å²) in [6.07, 6.45) is 1.70. The second-order valence-corrected chi connectivity index (χ2v) is 6.57. The number of benzene rings is 2. The lowest BCUT2D eigenvalue weighted by molar-refractivity contribution is -0.129. The van der Waals surface area contributed by atoms with Gasteiger partial charge in [0.05, 0.1) is 4.88 Å². The number of aliphatic imine (C=N–C) groups is 1. The van der Waals surface area contributed by atoms with Crippen molar-refractivity contribution in [2.45, 2.75) is 6.61 Å². The third-order valence-corrected chi connectivity index (χ3v) is 4.66. The maximum Gasteiger partial charge on any atom is 0.363 e. The number of cyclic esters (lactones) is 1. The predicted octanol–water partition coefficient (Wildman–Crippen LogP) is 4.67. The molecule has 0 radical (unpaired) electrons. The molecule has 1 aliphatic heterocycles. The number of para-hydroxylation sites is 1. The summed E-state index contributed by atoms with van der Waals surface area (Å²) in [6.45, 7) is 0.454. The van der Waals surface area contributed by atoms with Crippen molar-refractivity contribution in [3.63, 3.8) is 0 Å². The smallest absolute Gasteiger partial charge is 0.363 e. The van der Waals surface area contributed by atoms with Crippen LogP contribution in [-0.4, -0.2) is 11.9 Å². The number of hydrogen-bond acceptors (Lipinski definition) is 5. The van der Waals surface area contributed by atoms with Crippen molar-refractivity contribution >= 4 is 29.3 Å². The molecule has 0 amide bonds. The van der Waals surface area contributed by atoms with E-state index in [4.69, 9.17) is 9.47 Å². The van der Waals surface area contributed by atoms with Gasteiger partial charge >= 0.3 is 5.97 Å². The maximum atomic E-state index is 12.1. The number of rotatable bonds is 5. The number of carbonyl (C=O) groups excluding carboxylic acids is 1. The molecule has 0 spiro atoms. The lowest BCUT2D eigenvalue weighted by Gasteiger charge is -2.09. The molecule has 5 heteroatoms. The van der Waals surface area contributed by atoms with Crippen LogP contribution >= 0.6 is 11.3 Å². The van der Waals surface area contributed by atoms with E-state index in [1.54, 1.807) is 6.08 Å². The number of nitrogens with zero attached hydrogens (tertiary/aromatic N) is 1. The van der Waals surface area contributed by atoms with Gasteiger partial charge < -0.3 is 9.47 Å². The minimum Gasteiger partial charge on any atom is -0.488 e. The summed E-state index contributed by atoms with van der Waals surface area (Å²) in [5, 5.41) is 1.92. The van der Waals surface area contributed by atoms with Gasteiger partial charge in [0.25, 0.3) is 0 Å². The number of ether oxygens (including phenoxy) is 2. The first kappa shape index (κ1) is 16.3. The Hall–Kier alpha value is -3.18. The zero-order chi connectivity index (χ0) is 17.8. The Labute approximate surface area is 155 Å². The Morgan fingerprint density at radius 1 is 1.00 bits per heavy atom. The van der Waals surface area contributed by atoms with E-state index in [2.05, 4.69) is 4.99 Å². The summed E-state index contributed by atoms with van der Waals surface area (Å²) in [7, 11) is 0. The molecule has 26 heavy (non-hydrogen) atoms. The number of thiophene rings is 1. The van der Waals surface area contributed by atoms with Gasteiger partial charge in [-0.3, -0.25) is 0 Å². The second kappa shape index (κ2) is 7.37. The Kier molecular flexibility index (Phi) is 4.62. The van der Waals surface area contributed by atoms with Gasteiger partial charge in [-0.15, -0.1) is 11.3 Å². The molecule has 0 bridgehead atoms. The van der Waals surface area contributed by atoms with E-state index in [1.165, 1.54) is 11.3 Å². The van der Waals surface area contributed by atoms with Crippen LogP contribution in [0.25, 0.3) is 6.08 Å². The molecule has 3 aromatic rings. The minimum absolute atomic E-state index is 0.268. The molecule has 4 nitrogen and oxygen atoms in total. The van der Waals surface area contributed by atoms with Gasteiger partial charge in [0.15, 0.2) is 5.70 Å². The fourth-order valence-electron chi connectivity index (χ4n) is 2.53. The molecule has 1 aromatic heterocycles. The van der Waals surface area contributed by atoms with E-state index in [1.807, 2.05) is 72.1 Å². The van der Waals surface area contributed by atoms with Crippen LogP contribution in [0.4, 0.5) is 0 Å². The van der Waals surface area contributed by atoms with Crippen molar-refractivity contribution in [2.24, 2.45) is 4.99 Å². The van der Waals surface area contributed by atoms with Crippen LogP contribution in [0.15, 0.2) is 82.8 Å². The second-order valence-electron chi connectivity index (χ2n) is 5.63. The molecule has 1 aliphatic rings. The van der Waals surface area contributed by atoms with Crippen LogP contribution in [0, 0.1) is 0 Å². The van der Waals surface area contributed by atoms with Gasteiger partial charge in [-0.2, -0.15) is 0 Å². The molecule has 2 heterocycles. The average molecular weight is 361 g/mol. The van der Waals surface area contributed by atoms with E-state index >= 15 is 0 Å². The highest BCUT2D eigenvalue weighted by Crippen LogP contribution is 2.26. The molecule has 0 unspecified atom stereocenters. The van der Waals surface area contributed by atoms with Crippen molar-refractivity contribution in [1.82, 2.24) is 0 Å². The fourth-order valence-corrected chi connectivity index (χ4v) is 3.18. The quantitative estimate of drug-likeness (QED) is 0.490. The summed E-state index contributed by atoms with van der Waals surface area (Å²) in [6, 6.07) is 21.3. The Balaban J connectivity index is 1.58. The van der Waals surface area contributed by atoms with Gasteiger partial charge in [0.1, 0.15) is 12.4 Å². The first-order valence-electron chi connectivity index (χ1n) is 8.12. The van der Waals surface area contributed by atoms with E-state index in [0.29, 0.717) is 18.3 Å². The SMILES string of the molecule is O=C1OC(c2cccs2)=N/C1=C/c1ccccc1OCc1ccccc1. The average Bonchev–Trinajstić information content (AvgIpc) is 3.32. The molecular formula is C21H15NO3S. The summed E-state index contributed by atoms with van der Waals surface area (Å²) in [5.41, 5.74) is 2.13. The van der Waals surface area contributed by atoms with Gasteiger partial charge in [-0.1, -0.05) is 54.6 Å². The highest BCUT2D eigenvalue weighted by atomic mass is 32.1. The summed E-state index contributed by atoms with van der Waals surface area (Å²) in [4.78, 5) is 17.3. The zero-order valence-corrected chi connectivity index (χ0v) is 14.6. The summed E-state index contributed by atoms with van der Waals surface area (Å²) >= 11 is 1.48. The Morgan fingerprint density at radius 3 is 2.62 bits per heavy atom. The third-order valence-electron chi connectivity index (χ3n) is 3.80. The fraction of sp³-hybridized carbons (Fsp3) is 0.0476. The molecule has 0 N–H and O–H groups in total. The van der Waals surface area contributed by atoms with E-state index in [-0.39, 0.29) is 5.70 Å². The van der Waals surface area contributed by atoms with Crippen LogP contribution in [0.2, 0.25) is 0 Å². The standard InChI is InChI=1S/C21H15NO3S/c23-21-17(22-20(25-21)19-11-6-12-26-19)13-16-9-4-5-10-18(16)24-14-15-7-2-1-3-8-15/h1-13H,14H2/b17-13+. The molecular weight excluding hydrogens is 346 g/mol. The highest BCUT2D eigenvalue weighted by Gasteiger charge is 2.25. The van der Waals surface area contributed by atoms with Gasteiger partial charge in [0, 0.05) is 5.56 Å². The first-order chi connectivity index (χ1) is 12.8. The van der Waals surface area contributed by atoms with E-state index in [0.717, 1.165) is 16.0 Å². The van der Waals surface area contributed by atoms with Crippen LogP contribution in [0.1, 0.15) is 16.0 Å². The van der Waals surface area contributed by atoms with Gasteiger partial charge in [-0.05, 0) is 29.2 Å². The minimum atomic E-state index is -0.453. The number of carbonyl (C=O) groups is 1. The topological polar surface area (TPSA) is 47.9 Å². The third kappa shape index (κ3) is 3.58. The van der Waals surface area contributed by atoms with Crippen LogP contribution in [0.3, 0.4) is 0 Å². The predicted molar refractivity (Wildman–Crippen MR) is 102 cm³/mol.